The molecule has 0 radical (unpaired) electrons. The fraction of sp³-hybridized carbons (Fsp3) is 0.333. The molecule has 2 aromatic carbocycles. The first-order valence-electron chi connectivity index (χ1n) is 12.0. The summed E-state index contributed by atoms with van der Waals surface area (Å²) in [4.78, 5) is 31.7. The zero-order chi connectivity index (χ0) is 25.3. The van der Waals surface area contributed by atoms with Crippen LogP contribution in [-0.4, -0.2) is 84.8 Å². The Kier molecular flexibility index (Phi) is 8.86. The molecule has 2 heterocycles. The van der Waals surface area contributed by atoms with E-state index in [9.17, 15) is 9.59 Å². The summed E-state index contributed by atoms with van der Waals surface area (Å²) in [5.74, 6) is 0.518. The first-order chi connectivity index (χ1) is 17.6. The molecule has 4 rings (SSSR count). The molecule has 0 aliphatic carbocycles. The number of rotatable bonds is 8. The van der Waals surface area contributed by atoms with E-state index in [1.165, 1.54) is 0 Å². The van der Waals surface area contributed by atoms with Crippen LogP contribution in [0, 0.1) is 0 Å². The molecule has 2 amide bonds. The van der Waals surface area contributed by atoms with Crippen molar-refractivity contribution in [2.24, 2.45) is 0 Å². The molecule has 0 unspecified atom stereocenters. The average Bonchev–Trinajstić information content (AvgIpc) is 3.18. The van der Waals surface area contributed by atoms with E-state index in [0.717, 1.165) is 30.0 Å². The van der Waals surface area contributed by atoms with Crippen LogP contribution in [0.5, 0.6) is 0 Å². The highest BCUT2D eigenvalue weighted by molar-refractivity contribution is 6.33. The zero-order valence-corrected chi connectivity index (χ0v) is 21.1. The molecule has 0 bridgehead atoms. The largest absolute Gasteiger partial charge is 0.383 e. The average molecular weight is 508 g/mol. The zero-order valence-electron chi connectivity index (χ0n) is 20.3. The quantitative estimate of drug-likeness (QED) is 0.463. The Morgan fingerprint density at radius 2 is 1.72 bits per heavy atom. The molecule has 1 aliphatic rings. The normalized spacial score (nSPS) is 13.8. The van der Waals surface area contributed by atoms with Gasteiger partial charge in [0.1, 0.15) is 6.54 Å². The maximum absolute atomic E-state index is 13.2. The van der Waals surface area contributed by atoms with Crippen LogP contribution in [0.1, 0.15) is 16.8 Å². The smallest absolute Gasteiger partial charge is 0.254 e. The van der Waals surface area contributed by atoms with Gasteiger partial charge in [-0.15, -0.1) is 10.2 Å². The van der Waals surface area contributed by atoms with Gasteiger partial charge in [0.05, 0.1) is 17.3 Å². The second kappa shape index (κ2) is 12.5. The Bertz CT molecular complexity index is 1160. The number of ether oxygens (including phenoxy) is 1. The number of hydrogen-bond donors (Lipinski definition) is 0. The Balaban J connectivity index is 1.38. The third-order valence-corrected chi connectivity index (χ3v) is 6.50. The molecule has 1 aliphatic heterocycles. The summed E-state index contributed by atoms with van der Waals surface area (Å²) in [6, 6.07) is 20.4. The molecular formula is C27H30ClN5O3. The van der Waals surface area contributed by atoms with Crippen LogP contribution in [0.25, 0.3) is 11.3 Å². The third kappa shape index (κ3) is 6.38. The lowest BCUT2D eigenvalue weighted by Gasteiger charge is -2.27. The summed E-state index contributed by atoms with van der Waals surface area (Å²) >= 11 is 6.29. The number of benzene rings is 2. The molecule has 0 atom stereocenters. The first kappa shape index (κ1) is 25.6. The minimum atomic E-state index is -0.175. The molecule has 0 spiro atoms. The summed E-state index contributed by atoms with van der Waals surface area (Å²) in [5.41, 5.74) is 2.12. The molecule has 36 heavy (non-hydrogen) atoms. The number of nitrogens with zero attached hydrogens (tertiary/aromatic N) is 5. The number of anilines is 1. The predicted octanol–water partition coefficient (Wildman–Crippen LogP) is 3.62. The van der Waals surface area contributed by atoms with E-state index in [1.807, 2.05) is 59.5 Å². The van der Waals surface area contributed by atoms with Gasteiger partial charge >= 0.3 is 0 Å². The molecular weight excluding hydrogens is 478 g/mol. The second-order valence-electron chi connectivity index (χ2n) is 8.56. The van der Waals surface area contributed by atoms with Gasteiger partial charge in [-0.25, -0.2) is 0 Å². The number of methoxy groups -OCH3 is 1. The van der Waals surface area contributed by atoms with Crippen LogP contribution < -0.4 is 4.90 Å². The van der Waals surface area contributed by atoms with Gasteiger partial charge in [-0.3, -0.25) is 9.59 Å². The molecule has 1 fully saturated rings. The van der Waals surface area contributed by atoms with E-state index in [4.69, 9.17) is 16.3 Å². The first-order valence-corrected chi connectivity index (χ1v) is 12.4. The van der Waals surface area contributed by atoms with Crippen molar-refractivity contribution < 1.29 is 14.3 Å². The van der Waals surface area contributed by atoms with Gasteiger partial charge in [0.2, 0.25) is 5.91 Å². The van der Waals surface area contributed by atoms with E-state index in [1.54, 1.807) is 24.1 Å². The lowest BCUT2D eigenvalue weighted by atomic mass is 10.1. The Morgan fingerprint density at radius 3 is 2.44 bits per heavy atom. The number of amides is 2. The maximum atomic E-state index is 13.2. The minimum Gasteiger partial charge on any atom is -0.383 e. The second-order valence-corrected chi connectivity index (χ2v) is 8.97. The van der Waals surface area contributed by atoms with Gasteiger partial charge in [0, 0.05) is 51.0 Å². The number of hydrogen-bond acceptors (Lipinski definition) is 6. The summed E-state index contributed by atoms with van der Waals surface area (Å²) in [5, 5.41) is 9.42. The van der Waals surface area contributed by atoms with Gasteiger partial charge in [-0.2, -0.15) is 0 Å². The fourth-order valence-corrected chi connectivity index (χ4v) is 4.42. The highest BCUT2D eigenvalue weighted by atomic mass is 35.5. The van der Waals surface area contributed by atoms with Crippen molar-refractivity contribution in [1.82, 2.24) is 20.0 Å². The van der Waals surface area contributed by atoms with Gasteiger partial charge in [-0.05, 0) is 36.8 Å². The Labute approximate surface area is 216 Å². The van der Waals surface area contributed by atoms with Crippen LogP contribution in [0.15, 0.2) is 66.7 Å². The van der Waals surface area contributed by atoms with Crippen molar-refractivity contribution in [1.29, 1.82) is 0 Å². The fourth-order valence-electron chi connectivity index (χ4n) is 4.18. The molecule has 188 valence electrons. The van der Waals surface area contributed by atoms with Crippen LogP contribution in [0.4, 0.5) is 5.82 Å². The van der Waals surface area contributed by atoms with Gasteiger partial charge in [-0.1, -0.05) is 48.0 Å². The Hall–Kier alpha value is -3.49. The molecule has 0 saturated carbocycles. The van der Waals surface area contributed by atoms with Crippen molar-refractivity contribution in [3.63, 3.8) is 0 Å². The van der Waals surface area contributed by atoms with Crippen LogP contribution in [0.2, 0.25) is 5.02 Å². The summed E-state index contributed by atoms with van der Waals surface area (Å²) < 4.78 is 5.17. The van der Waals surface area contributed by atoms with Gasteiger partial charge < -0.3 is 19.4 Å². The Morgan fingerprint density at radius 1 is 0.944 bits per heavy atom. The summed E-state index contributed by atoms with van der Waals surface area (Å²) in [6.45, 7) is 3.30. The van der Waals surface area contributed by atoms with Crippen molar-refractivity contribution in [3.05, 3.63) is 77.3 Å². The van der Waals surface area contributed by atoms with Crippen LogP contribution in [0.3, 0.4) is 0 Å². The molecule has 1 aromatic heterocycles. The molecule has 1 saturated heterocycles. The summed E-state index contributed by atoms with van der Waals surface area (Å²) in [6.07, 6.45) is 0.796. The van der Waals surface area contributed by atoms with E-state index in [2.05, 4.69) is 15.1 Å². The number of aromatic nitrogens is 2. The topological polar surface area (TPSA) is 78.9 Å². The monoisotopic (exact) mass is 507 g/mol. The van der Waals surface area contributed by atoms with Gasteiger partial charge in [0.25, 0.3) is 5.91 Å². The molecule has 0 N–H and O–H groups in total. The predicted molar refractivity (Wildman–Crippen MR) is 140 cm³/mol. The molecule has 8 nitrogen and oxygen atoms in total. The van der Waals surface area contributed by atoms with Gasteiger partial charge in [0.15, 0.2) is 5.82 Å². The number of carbonyl (C=O) groups is 2. The van der Waals surface area contributed by atoms with Crippen molar-refractivity contribution >= 4 is 29.2 Å². The standard InChI is InChI=1S/C27H30ClN5O3/c1-36-19-18-33(27(35)21-8-3-2-4-9-21)20-26(34)32-15-7-14-31(16-17-32)25-13-12-24(29-30-25)22-10-5-6-11-23(22)28/h2-6,8-13H,7,14-20H2,1H3. The van der Waals surface area contributed by atoms with Crippen LogP contribution >= 0.6 is 11.6 Å². The van der Waals surface area contributed by atoms with Crippen molar-refractivity contribution in [2.75, 3.05) is 57.9 Å². The molecule has 3 aromatic rings. The van der Waals surface area contributed by atoms with E-state index >= 15 is 0 Å². The van der Waals surface area contributed by atoms with E-state index in [-0.39, 0.29) is 18.4 Å². The maximum Gasteiger partial charge on any atom is 0.254 e. The lowest BCUT2D eigenvalue weighted by Crippen LogP contribution is -2.45. The van der Waals surface area contributed by atoms with E-state index < -0.39 is 0 Å². The van der Waals surface area contributed by atoms with E-state index in [0.29, 0.717) is 43.4 Å². The number of carbonyl (C=O) groups excluding carboxylic acids is 2. The lowest BCUT2D eigenvalue weighted by molar-refractivity contribution is -0.131. The summed E-state index contributed by atoms with van der Waals surface area (Å²) in [7, 11) is 1.58. The van der Waals surface area contributed by atoms with Crippen molar-refractivity contribution in [2.45, 2.75) is 6.42 Å². The van der Waals surface area contributed by atoms with Crippen molar-refractivity contribution in [3.8, 4) is 11.3 Å². The highest BCUT2D eigenvalue weighted by Crippen LogP contribution is 2.26. The minimum absolute atomic E-state index is 0.0173. The van der Waals surface area contributed by atoms with Crippen LogP contribution in [-0.2, 0) is 9.53 Å². The SMILES string of the molecule is COCCN(CC(=O)N1CCCN(c2ccc(-c3ccccc3Cl)nn2)CC1)C(=O)c1ccccc1. The molecule has 9 heteroatoms. The third-order valence-electron chi connectivity index (χ3n) is 6.17. The highest BCUT2D eigenvalue weighted by Gasteiger charge is 2.24. The number of halogens is 1.